The molecule has 0 aromatic heterocycles. The lowest BCUT2D eigenvalue weighted by atomic mass is 10.0. The number of hydrogen-bond acceptors (Lipinski definition) is 4. The average molecular weight is 515 g/mol. The summed E-state index contributed by atoms with van der Waals surface area (Å²) >= 11 is 7.80. The van der Waals surface area contributed by atoms with Gasteiger partial charge in [-0.2, -0.15) is 4.31 Å². The highest BCUT2D eigenvalue weighted by molar-refractivity contribution is 8.13. The molecule has 1 aliphatic rings. The summed E-state index contributed by atoms with van der Waals surface area (Å²) in [6, 6.07) is 4.77. The van der Waals surface area contributed by atoms with Crippen molar-refractivity contribution in [2.24, 2.45) is 0 Å². The van der Waals surface area contributed by atoms with Crippen molar-refractivity contribution >= 4 is 38.6 Å². The highest BCUT2D eigenvalue weighted by Gasteiger charge is 2.50. The molecular formula is C18H29BrClN3O3S2. The standard InChI is InChI=1S/C18H29ClN3O3S2.BrH/c1-6-10-22(11-7-2)27(24,25)16-12-14(8-9-15(16)19)18(23)13-26-17(20(3)4)21(18)5;/h8-9,12,23H,6-7,10-11,13H2,1-5H3;1H/q+1;/p-1. The topological polar surface area (TPSA) is 63.9 Å². The smallest absolute Gasteiger partial charge is 0.310 e. The first-order valence-electron chi connectivity index (χ1n) is 9.03. The maximum Gasteiger partial charge on any atom is 0.310 e. The predicted octanol–water partition coefficient (Wildman–Crippen LogP) is -0.393. The van der Waals surface area contributed by atoms with Crippen molar-refractivity contribution in [3.63, 3.8) is 0 Å². The van der Waals surface area contributed by atoms with Crippen molar-refractivity contribution in [1.29, 1.82) is 0 Å². The Balaban J connectivity index is 0.00000392. The fourth-order valence-corrected chi connectivity index (χ4v) is 6.58. The Kier molecular flexibility index (Phi) is 9.30. The Morgan fingerprint density at radius 3 is 2.32 bits per heavy atom. The zero-order chi connectivity index (χ0) is 20.4. The van der Waals surface area contributed by atoms with Crippen molar-refractivity contribution in [1.82, 2.24) is 9.21 Å². The van der Waals surface area contributed by atoms with Crippen LogP contribution in [-0.2, 0) is 15.7 Å². The van der Waals surface area contributed by atoms with E-state index in [1.807, 2.05) is 32.5 Å². The molecule has 6 nitrogen and oxygen atoms in total. The second kappa shape index (κ2) is 10.1. The fourth-order valence-electron chi connectivity index (χ4n) is 3.16. The van der Waals surface area contributed by atoms with Crippen LogP contribution < -0.4 is 17.0 Å². The minimum atomic E-state index is -3.73. The predicted molar refractivity (Wildman–Crippen MR) is 112 cm³/mol. The van der Waals surface area contributed by atoms with Gasteiger partial charge >= 0.3 is 5.17 Å². The van der Waals surface area contributed by atoms with Crippen LogP contribution in [0.5, 0.6) is 0 Å². The van der Waals surface area contributed by atoms with Crippen molar-refractivity contribution in [2.45, 2.75) is 37.3 Å². The van der Waals surface area contributed by atoms with Crippen LogP contribution in [0.25, 0.3) is 0 Å². The lowest BCUT2D eigenvalue weighted by molar-refractivity contribution is -0.467. The van der Waals surface area contributed by atoms with E-state index in [0.29, 0.717) is 24.4 Å². The minimum Gasteiger partial charge on any atom is -1.00 e. The summed E-state index contributed by atoms with van der Waals surface area (Å²) in [6.07, 6.45) is 1.45. The number of benzene rings is 1. The monoisotopic (exact) mass is 513 g/mol. The van der Waals surface area contributed by atoms with E-state index < -0.39 is 15.7 Å². The lowest BCUT2D eigenvalue weighted by Gasteiger charge is -2.27. The van der Waals surface area contributed by atoms with Gasteiger partial charge in [0.2, 0.25) is 15.7 Å². The van der Waals surface area contributed by atoms with Gasteiger partial charge in [0, 0.05) is 18.7 Å². The fraction of sp³-hybridized carbons (Fsp3) is 0.611. The van der Waals surface area contributed by atoms with E-state index >= 15 is 0 Å². The van der Waals surface area contributed by atoms with Gasteiger partial charge in [-0.15, -0.1) is 0 Å². The number of halogens is 2. The van der Waals surface area contributed by atoms with E-state index in [1.54, 1.807) is 24.1 Å². The lowest BCUT2D eigenvalue weighted by Crippen LogP contribution is -3.00. The number of thioether (sulfide) groups is 1. The zero-order valence-corrected chi connectivity index (χ0v) is 20.9. The highest BCUT2D eigenvalue weighted by atomic mass is 79.9. The number of sulfonamides is 1. The minimum absolute atomic E-state index is 0. The largest absolute Gasteiger partial charge is 1.00 e. The maximum absolute atomic E-state index is 13.2. The molecule has 160 valence electrons. The summed E-state index contributed by atoms with van der Waals surface area (Å²) in [5.74, 6) is 0.408. The Labute approximate surface area is 188 Å². The van der Waals surface area contributed by atoms with Crippen LogP contribution in [-0.4, -0.2) is 72.5 Å². The Morgan fingerprint density at radius 2 is 1.86 bits per heavy atom. The summed E-state index contributed by atoms with van der Waals surface area (Å²) in [6.45, 7) is 4.77. The van der Waals surface area contributed by atoms with Crippen LogP contribution in [0, 0.1) is 0 Å². The van der Waals surface area contributed by atoms with Gasteiger partial charge in [0.05, 0.1) is 31.9 Å². The summed E-state index contributed by atoms with van der Waals surface area (Å²) in [4.78, 5) is 1.82. The number of nitrogens with zero attached hydrogens (tertiary/aromatic N) is 3. The third-order valence-corrected chi connectivity index (χ3v) is 8.41. The third kappa shape index (κ3) is 4.87. The average Bonchev–Trinajstić information content (AvgIpc) is 2.91. The molecular weight excluding hydrogens is 486 g/mol. The van der Waals surface area contributed by atoms with Gasteiger partial charge in [-0.25, -0.2) is 13.3 Å². The molecule has 1 fully saturated rings. The molecule has 1 heterocycles. The van der Waals surface area contributed by atoms with Gasteiger partial charge in [-0.05, 0) is 36.7 Å². The molecule has 28 heavy (non-hydrogen) atoms. The zero-order valence-electron chi connectivity index (χ0n) is 16.9. The third-order valence-electron chi connectivity index (χ3n) is 4.58. The van der Waals surface area contributed by atoms with E-state index in [0.717, 1.165) is 18.0 Å². The molecule has 1 aromatic rings. The van der Waals surface area contributed by atoms with Crippen molar-refractivity contribution in [3.8, 4) is 0 Å². The molecule has 10 heteroatoms. The van der Waals surface area contributed by atoms with E-state index in [1.165, 1.54) is 22.1 Å². The summed E-state index contributed by atoms with van der Waals surface area (Å²) in [7, 11) is 1.89. The second-order valence-electron chi connectivity index (χ2n) is 6.89. The first kappa shape index (κ1) is 25.7. The molecule has 0 bridgehead atoms. The van der Waals surface area contributed by atoms with Crippen LogP contribution in [0.3, 0.4) is 0 Å². The molecule has 1 unspecified atom stereocenters. The molecule has 1 aliphatic heterocycles. The highest BCUT2D eigenvalue weighted by Crippen LogP contribution is 2.39. The molecule has 1 atom stereocenters. The normalized spacial score (nSPS) is 19.9. The molecule has 0 radical (unpaired) electrons. The molecule has 1 N–H and O–H groups in total. The number of aliphatic hydroxyl groups is 1. The molecule has 1 aromatic carbocycles. The van der Waals surface area contributed by atoms with Gasteiger partial charge in [0.25, 0.3) is 0 Å². The van der Waals surface area contributed by atoms with Crippen LogP contribution in [0.1, 0.15) is 32.3 Å². The second-order valence-corrected chi connectivity index (χ2v) is 10.1. The number of rotatable bonds is 7. The summed E-state index contributed by atoms with van der Waals surface area (Å²) in [5.41, 5.74) is -0.773. The van der Waals surface area contributed by atoms with Crippen molar-refractivity contribution in [3.05, 3.63) is 28.8 Å². The quantitative estimate of drug-likeness (QED) is 0.502. The summed E-state index contributed by atoms with van der Waals surface area (Å²) in [5, 5.41) is 12.4. The molecule has 1 saturated heterocycles. The van der Waals surface area contributed by atoms with E-state index in [-0.39, 0.29) is 26.9 Å². The van der Waals surface area contributed by atoms with Gasteiger partial charge < -0.3 is 22.1 Å². The number of amidine groups is 1. The SMILES string of the molecule is CCCN(CCC)S(=O)(=O)c1cc(C2(O)CSC(=[N+](C)C)N2C)ccc1Cl.[Br-]. The van der Waals surface area contributed by atoms with E-state index in [9.17, 15) is 13.5 Å². The Bertz CT molecular complexity index is 825. The van der Waals surface area contributed by atoms with Crippen molar-refractivity contribution in [2.75, 3.05) is 40.0 Å². The van der Waals surface area contributed by atoms with Crippen LogP contribution in [0.2, 0.25) is 5.02 Å². The van der Waals surface area contributed by atoms with Crippen LogP contribution in [0.4, 0.5) is 0 Å². The molecule has 0 amide bonds. The van der Waals surface area contributed by atoms with Gasteiger partial charge in [-0.3, -0.25) is 4.58 Å². The maximum atomic E-state index is 13.2. The Morgan fingerprint density at radius 1 is 1.29 bits per heavy atom. The van der Waals surface area contributed by atoms with E-state index in [4.69, 9.17) is 11.6 Å². The number of hydrogen-bond donors (Lipinski definition) is 1. The van der Waals surface area contributed by atoms with Gasteiger partial charge in [-0.1, -0.05) is 31.5 Å². The molecule has 2 rings (SSSR count). The van der Waals surface area contributed by atoms with Crippen molar-refractivity contribution < 1.29 is 35.1 Å². The first-order valence-corrected chi connectivity index (χ1v) is 11.8. The first-order chi connectivity index (χ1) is 12.6. The Hall–Kier alpha value is -0.320. The molecule has 0 aliphatic carbocycles. The van der Waals surface area contributed by atoms with Crippen LogP contribution in [0.15, 0.2) is 23.1 Å². The molecule has 0 saturated carbocycles. The van der Waals surface area contributed by atoms with E-state index in [2.05, 4.69) is 0 Å². The van der Waals surface area contributed by atoms with Gasteiger partial charge in [0.1, 0.15) is 4.90 Å². The molecule has 0 spiro atoms. The van der Waals surface area contributed by atoms with Gasteiger partial charge in [0.15, 0.2) is 0 Å². The van der Waals surface area contributed by atoms with Crippen LogP contribution >= 0.6 is 23.4 Å². The summed E-state index contributed by atoms with van der Waals surface area (Å²) < 4.78 is 29.8.